The summed E-state index contributed by atoms with van der Waals surface area (Å²) in [6, 6.07) is 1.77. The van der Waals surface area contributed by atoms with E-state index in [0.717, 1.165) is 25.9 Å². The average Bonchev–Trinajstić information content (AvgIpc) is 2.54. The average molecular weight is 354 g/mol. The first kappa shape index (κ1) is 17.2. The molecule has 2 aliphatic heterocycles. The van der Waals surface area contributed by atoms with Crippen molar-refractivity contribution in [3.63, 3.8) is 0 Å². The molecular weight excluding hydrogens is 332 g/mol. The molecule has 0 saturated carbocycles. The maximum Gasteiger partial charge on any atom is 0.349 e. The molecule has 132 valence electrons. The fourth-order valence-corrected chi connectivity index (χ4v) is 4.46. The minimum absolute atomic E-state index is 0.0156. The second kappa shape index (κ2) is 6.68. The first-order valence-corrected chi connectivity index (χ1v) is 10.0. The van der Waals surface area contributed by atoms with E-state index in [4.69, 9.17) is 4.42 Å². The van der Waals surface area contributed by atoms with E-state index in [1.807, 2.05) is 0 Å². The molecule has 2 aliphatic rings. The predicted octanol–water partition coefficient (Wildman–Crippen LogP) is 0.286. The van der Waals surface area contributed by atoms with Crippen LogP contribution in [0.4, 0.5) is 0 Å². The summed E-state index contributed by atoms with van der Waals surface area (Å²) >= 11 is 0. The van der Waals surface area contributed by atoms with Gasteiger partial charge in [-0.1, -0.05) is 0 Å². The number of rotatable bonds is 2. The van der Waals surface area contributed by atoms with E-state index < -0.39 is 21.4 Å². The van der Waals surface area contributed by atoms with Gasteiger partial charge in [-0.3, -0.25) is 4.79 Å². The number of hydrogen-bond donors (Lipinski definition) is 1. The van der Waals surface area contributed by atoms with Crippen LogP contribution in [0.5, 0.6) is 0 Å². The molecule has 1 aromatic heterocycles. The zero-order valence-electron chi connectivity index (χ0n) is 13.7. The van der Waals surface area contributed by atoms with Crippen LogP contribution in [0.2, 0.25) is 0 Å². The van der Waals surface area contributed by atoms with Gasteiger partial charge < -0.3 is 14.6 Å². The maximum atomic E-state index is 12.6. The lowest BCUT2D eigenvalue weighted by atomic mass is 9.95. The number of sulfone groups is 1. The third-order valence-corrected chi connectivity index (χ3v) is 6.32. The van der Waals surface area contributed by atoms with Crippen LogP contribution in [-0.4, -0.2) is 56.9 Å². The standard InChI is InChI=1S/C16H22N2O5S/c1-11-9-13(12-3-2-4-17-10-12)23-16(20)14(11)15(19)18-5-7-24(21,22)8-6-18/h9,12,17H,2-8,10H2,1H3. The number of piperidine rings is 1. The van der Waals surface area contributed by atoms with E-state index >= 15 is 0 Å². The number of nitrogens with one attached hydrogen (secondary N) is 1. The Labute approximate surface area is 140 Å². The van der Waals surface area contributed by atoms with E-state index in [9.17, 15) is 18.0 Å². The Morgan fingerprint density at radius 1 is 1.33 bits per heavy atom. The molecule has 0 bridgehead atoms. The topological polar surface area (TPSA) is 96.7 Å². The molecule has 1 amide bonds. The monoisotopic (exact) mass is 354 g/mol. The summed E-state index contributed by atoms with van der Waals surface area (Å²) < 4.78 is 28.4. The molecule has 7 nitrogen and oxygen atoms in total. The molecule has 0 radical (unpaired) electrons. The summed E-state index contributed by atoms with van der Waals surface area (Å²) in [6.45, 7) is 3.70. The third kappa shape index (κ3) is 3.54. The summed E-state index contributed by atoms with van der Waals surface area (Å²) in [5, 5.41) is 3.27. The van der Waals surface area contributed by atoms with E-state index in [2.05, 4.69) is 5.32 Å². The van der Waals surface area contributed by atoms with E-state index in [0.29, 0.717) is 11.3 Å². The third-order valence-electron chi connectivity index (χ3n) is 4.71. The first-order valence-electron chi connectivity index (χ1n) is 8.22. The molecule has 1 N–H and O–H groups in total. The summed E-state index contributed by atoms with van der Waals surface area (Å²) in [5.74, 6) is 0.200. The van der Waals surface area contributed by atoms with Gasteiger partial charge in [0.1, 0.15) is 11.3 Å². The molecular formula is C16H22N2O5S. The fraction of sp³-hybridized carbons (Fsp3) is 0.625. The normalized spacial score (nSPS) is 23.9. The molecule has 2 saturated heterocycles. The van der Waals surface area contributed by atoms with Crippen LogP contribution in [0.3, 0.4) is 0 Å². The summed E-state index contributed by atoms with van der Waals surface area (Å²) in [4.78, 5) is 26.4. The second-order valence-corrected chi connectivity index (χ2v) is 8.79. The van der Waals surface area contributed by atoms with Gasteiger partial charge in [-0.05, 0) is 37.9 Å². The van der Waals surface area contributed by atoms with Gasteiger partial charge in [0.05, 0.1) is 11.5 Å². The Morgan fingerprint density at radius 2 is 2.04 bits per heavy atom. The van der Waals surface area contributed by atoms with Crippen molar-refractivity contribution >= 4 is 15.7 Å². The largest absolute Gasteiger partial charge is 0.427 e. The molecule has 24 heavy (non-hydrogen) atoms. The molecule has 0 spiro atoms. The van der Waals surface area contributed by atoms with Gasteiger partial charge in [-0.2, -0.15) is 0 Å². The van der Waals surface area contributed by atoms with E-state index in [1.54, 1.807) is 13.0 Å². The first-order chi connectivity index (χ1) is 11.4. The highest BCUT2D eigenvalue weighted by molar-refractivity contribution is 7.91. The number of aryl methyl sites for hydroxylation is 1. The molecule has 1 unspecified atom stereocenters. The van der Waals surface area contributed by atoms with Crippen LogP contribution < -0.4 is 10.9 Å². The minimum atomic E-state index is -3.08. The van der Waals surface area contributed by atoms with Crippen LogP contribution in [-0.2, 0) is 9.84 Å². The summed E-state index contributed by atoms with van der Waals surface area (Å²) in [5.41, 5.74) is -0.0268. The highest BCUT2D eigenvalue weighted by Gasteiger charge is 2.29. The molecule has 1 aromatic rings. The summed E-state index contributed by atoms with van der Waals surface area (Å²) in [6.07, 6.45) is 1.98. The number of hydrogen-bond acceptors (Lipinski definition) is 6. The van der Waals surface area contributed by atoms with Crippen molar-refractivity contribution in [1.82, 2.24) is 10.2 Å². The highest BCUT2D eigenvalue weighted by atomic mass is 32.2. The van der Waals surface area contributed by atoms with Gasteiger partial charge in [0.25, 0.3) is 5.91 Å². The van der Waals surface area contributed by atoms with Crippen molar-refractivity contribution in [2.75, 3.05) is 37.7 Å². The molecule has 0 aliphatic carbocycles. The predicted molar refractivity (Wildman–Crippen MR) is 89.1 cm³/mol. The SMILES string of the molecule is Cc1cc(C2CCCNC2)oc(=O)c1C(=O)N1CCS(=O)(=O)CC1. The van der Waals surface area contributed by atoms with Gasteiger partial charge in [0.15, 0.2) is 9.84 Å². The van der Waals surface area contributed by atoms with Crippen LogP contribution >= 0.6 is 0 Å². The smallest absolute Gasteiger partial charge is 0.349 e. The van der Waals surface area contributed by atoms with Crippen LogP contribution in [0.1, 0.15) is 40.4 Å². The van der Waals surface area contributed by atoms with E-state index in [-0.39, 0.29) is 36.1 Å². The van der Waals surface area contributed by atoms with Crippen LogP contribution in [0, 0.1) is 6.92 Å². The lowest BCUT2D eigenvalue weighted by molar-refractivity contribution is 0.0764. The van der Waals surface area contributed by atoms with Crippen LogP contribution in [0.25, 0.3) is 0 Å². The fourth-order valence-electron chi connectivity index (χ4n) is 3.26. The van der Waals surface area contributed by atoms with Gasteiger partial charge in [-0.15, -0.1) is 0 Å². The van der Waals surface area contributed by atoms with Crippen molar-refractivity contribution in [2.24, 2.45) is 0 Å². The number of carbonyl (C=O) groups excluding carboxylic acids is 1. The Morgan fingerprint density at radius 3 is 2.62 bits per heavy atom. The number of amides is 1. The zero-order chi connectivity index (χ0) is 17.3. The summed E-state index contributed by atoms with van der Waals surface area (Å²) in [7, 11) is -3.08. The van der Waals surface area contributed by atoms with Crippen molar-refractivity contribution in [3.8, 4) is 0 Å². The van der Waals surface area contributed by atoms with Crippen molar-refractivity contribution < 1.29 is 17.6 Å². The van der Waals surface area contributed by atoms with Gasteiger partial charge in [-0.25, -0.2) is 13.2 Å². The Bertz CT molecular complexity index is 779. The Balaban J connectivity index is 1.83. The molecule has 0 aromatic carbocycles. The Kier molecular flexibility index (Phi) is 4.78. The lowest BCUT2D eigenvalue weighted by Crippen LogP contribution is -2.45. The lowest BCUT2D eigenvalue weighted by Gasteiger charge is -2.27. The maximum absolute atomic E-state index is 12.6. The second-order valence-electron chi connectivity index (χ2n) is 6.48. The van der Waals surface area contributed by atoms with Gasteiger partial charge in [0.2, 0.25) is 0 Å². The van der Waals surface area contributed by atoms with Crippen molar-refractivity contribution in [1.29, 1.82) is 0 Å². The van der Waals surface area contributed by atoms with Crippen molar-refractivity contribution in [3.05, 3.63) is 33.4 Å². The molecule has 8 heteroatoms. The molecule has 3 rings (SSSR count). The Hall–Kier alpha value is -1.67. The van der Waals surface area contributed by atoms with Crippen molar-refractivity contribution in [2.45, 2.75) is 25.7 Å². The van der Waals surface area contributed by atoms with E-state index in [1.165, 1.54) is 4.90 Å². The zero-order valence-corrected chi connectivity index (χ0v) is 14.5. The van der Waals surface area contributed by atoms with Gasteiger partial charge >= 0.3 is 5.63 Å². The minimum Gasteiger partial charge on any atom is -0.427 e. The molecule has 1 atom stereocenters. The number of nitrogens with zero attached hydrogens (tertiary/aromatic N) is 1. The quantitative estimate of drug-likeness (QED) is 0.820. The number of carbonyl (C=O) groups is 1. The van der Waals surface area contributed by atoms with Gasteiger partial charge in [0, 0.05) is 25.6 Å². The van der Waals surface area contributed by atoms with Crippen LogP contribution in [0.15, 0.2) is 15.3 Å². The molecule has 2 fully saturated rings. The highest BCUT2D eigenvalue weighted by Crippen LogP contribution is 2.24. The molecule has 3 heterocycles.